The molecule has 0 spiro atoms. The summed E-state index contributed by atoms with van der Waals surface area (Å²) in [5.41, 5.74) is 2.09. The van der Waals surface area contributed by atoms with E-state index in [4.69, 9.17) is 16.3 Å². The van der Waals surface area contributed by atoms with E-state index in [9.17, 15) is 13.6 Å². The summed E-state index contributed by atoms with van der Waals surface area (Å²) in [6.45, 7) is 4.95. The van der Waals surface area contributed by atoms with Crippen molar-refractivity contribution in [3.63, 3.8) is 0 Å². The van der Waals surface area contributed by atoms with Gasteiger partial charge in [-0.25, -0.2) is 18.7 Å². The summed E-state index contributed by atoms with van der Waals surface area (Å²) in [5, 5.41) is 6.05. The molecule has 1 amide bonds. The molecule has 3 aromatic rings. The van der Waals surface area contributed by atoms with Crippen LogP contribution in [0.3, 0.4) is 0 Å². The van der Waals surface area contributed by atoms with Crippen LogP contribution in [0.1, 0.15) is 29.7 Å². The second-order valence-corrected chi connectivity index (χ2v) is 9.11. The van der Waals surface area contributed by atoms with Crippen LogP contribution in [-0.2, 0) is 11.4 Å². The van der Waals surface area contributed by atoms with Gasteiger partial charge in [-0.05, 0) is 74.8 Å². The van der Waals surface area contributed by atoms with Crippen molar-refractivity contribution >= 4 is 35.1 Å². The molecule has 2 N–H and O–H groups in total. The Kier molecular flexibility index (Phi) is 9.03. The van der Waals surface area contributed by atoms with E-state index in [0.717, 1.165) is 32.0 Å². The van der Waals surface area contributed by atoms with Gasteiger partial charge in [0, 0.05) is 24.3 Å². The van der Waals surface area contributed by atoms with Gasteiger partial charge in [-0.15, -0.1) is 0 Å². The Morgan fingerprint density at radius 3 is 2.76 bits per heavy atom. The van der Waals surface area contributed by atoms with Gasteiger partial charge in [-0.2, -0.15) is 0 Å². The van der Waals surface area contributed by atoms with Gasteiger partial charge in [0.05, 0.1) is 10.7 Å². The number of carbonyl (C=O) groups is 1. The zero-order valence-corrected chi connectivity index (χ0v) is 21.2. The smallest absolute Gasteiger partial charge is 0.280 e. The number of halogens is 3. The molecular formula is C27H28ClF2N5O2. The second-order valence-electron chi connectivity index (χ2n) is 8.71. The second kappa shape index (κ2) is 12.6. The zero-order chi connectivity index (χ0) is 26.2. The summed E-state index contributed by atoms with van der Waals surface area (Å²) in [6, 6.07) is 11.1. The van der Waals surface area contributed by atoms with Crippen molar-refractivity contribution in [2.75, 3.05) is 31.5 Å². The highest BCUT2D eigenvalue weighted by molar-refractivity contribution is 6.32. The van der Waals surface area contributed by atoms with Gasteiger partial charge in [-0.3, -0.25) is 4.79 Å². The molecule has 0 atom stereocenters. The number of amides is 1. The number of nitrogens with one attached hydrogen (secondary N) is 2. The predicted octanol–water partition coefficient (Wildman–Crippen LogP) is 5.42. The Morgan fingerprint density at radius 1 is 1.19 bits per heavy atom. The average molecular weight is 528 g/mol. The minimum Gasteiger partial charge on any atom is -0.487 e. The standard InChI is InChI=1S/C27H28ClF2N5O2/c1-18-22(15-24(30)27(36)31-9-12-35-10-2-3-11-35)26(33-17-32-18)34-21-7-8-25(23(28)14-21)37-16-19-5-4-6-20(29)13-19/h4-8,13-15,17H,2-3,9-12,16H2,1H3,(H,31,36)(H,32,33,34)/b24-15-. The molecule has 37 heavy (non-hydrogen) atoms. The minimum atomic E-state index is -0.929. The van der Waals surface area contributed by atoms with E-state index in [2.05, 4.69) is 25.5 Å². The SMILES string of the molecule is Cc1ncnc(Nc2ccc(OCc3cccc(F)c3)c(Cl)c2)c1/C=C(\F)C(=O)NCCN1CCCC1. The average Bonchev–Trinajstić information content (AvgIpc) is 3.39. The van der Waals surface area contributed by atoms with Crippen LogP contribution < -0.4 is 15.4 Å². The van der Waals surface area contributed by atoms with Crippen molar-refractivity contribution in [1.82, 2.24) is 20.2 Å². The maximum Gasteiger partial charge on any atom is 0.280 e. The van der Waals surface area contributed by atoms with E-state index in [-0.39, 0.29) is 12.4 Å². The van der Waals surface area contributed by atoms with Gasteiger partial charge in [0.2, 0.25) is 0 Å². The number of aromatic nitrogens is 2. The zero-order valence-electron chi connectivity index (χ0n) is 20.4. The molecular weight excluding hydrogens is 500 g/mol. The molecule has 0 saturated carbocycles. The summed E-state index contributed by atoms with van der Waals surface area (Å²) in [6.07, 6.45) is 4.78. The number of benzene rings is 2. The van der Waals surface area contributed by atoms with Crippen LogP contribution in [0.25, 0.3) is 6.08 Å². The number of carbonyl (C=O) groups excluding carboxylic acids is 1. The third-order valence-corrected chi connectivity index (χ3v) is 6.26. The molecule has 0 unspecified atom stereocenters. The van der Waals surface area contributed by atoms with Gasteiger partial charge >= 0.3 is 0 Å². The van der Waals surface area contributed by atoms with Gasteiger partial charge in [0.15, 0.2) is 5.83 Å². The lowest BCUT2D eigenvalue weighted by molar-refractivity contribution is -0.118. The Morgan fingerprint density at radius 2 is 2.00 bits per heavy atom. The highest BCUT2D eigenvalue weighted by Gasteiger charge is 2.15. The van der Waals surface area contributed by atoms with E-state index >= 15 is 0 Å². The number of aryl methyl sites for hydroxylation is 1. The van der Waals surface area contributed by atoms with E-state index in [1.807, 2.05) is 0 Å². The molecule has 2 aromatic carbocycles. The molecule has 1 saturated heterocycles. The largest absolute Gasteiger partial charge is 0.487 e. The van der Waals surface area contributed by atoms with E-state index in [1.165, 1.54) is 18.5 Å². The quantitative estimate of drug-likeness (QED) is 0.343. The topological polar surface area (TPSA) is 79.4 Å². The molecule has 1 fully saturated rings. The van der Waals surface area contributed by atoms with Gasteiger partial charge in [0.25, 0.3) is 5.91 Å². The molecule has 1 aliphatic rings. The summed E-state index contributed by atoms with van der Waals surface area (Å²) in [5.74, 6) is -1.31. The normalized spacial score (nSPS) is 14.0. The van der Waals surface area contributed by atoms with Crippen LogP contribution in [0.5, 0.6) is 5.75 Å². The lowest BCUT2D eigenvalue weighted by atomic mass is 10.2. The molecule has 4 rings (SSSR count). The van der Waals surface area contributed by atoms with Crippen LogP contribution in [0.15, 0.2) is 54.6 Å². The maximum atomic E-state index is 14.7. The number of likely N-dealkylation sites (tertiary alicyclic amines) is 1. The van der Waals surface area contributed by atoms with E-state index in [0.29, 0.717) is 52.2 Å². The van der Waals surface area contributed by atoms with E-state index in [1.54, 1.807) is 37.3 Å². The maximum absolute atomic E-state index is 14.7. The number of anilines is 2. The molecule has 1 aromatic heterocycles. The molecule has 194 valence electrons. The third-order valence-electron chi connectivity index (χ3n) is 5.96. The Labute approximate surface area is 219 Å². The highest BCUT2D eigenvalue weighted by Crippen LogP contribution is 2.31. The third kappa shape index (κ3) is 7.47. The Balaban J connectivity index is 1.41. The van der Waals surface area contributed by atoms with Crippen molar-refractivity contribution in [2.24, 2.45) is 0 Å². The minimum absolute atomic E-state index is 0.156. The van der Waals surface area contributed by atoms with Crippen molar-refractivity contribution in [2.45, 2.75) is 26.4 Å². The van der Waals surface area contributed by atoms with Gasteiger partial charge in [-0.1, -0.05) is 23.7 Å². The Bertz CT molecular complexity index is 1280. The monoisotopic (exact) mass is 527 g/mol. The lowest BCUT2D eigenvalue weighted by Gasteiger charge is -2.14. The number of hydrogen-bond donors (Lipinski definition) is 2. The molecule has 0 radical (unpaired) electrons. The summed E-state index contributed by atoms with van der Waals surface area (Å²) >= 11 is 6.39. The van der Waals surface area contributed by atoms with Crippen molar-refractivity contribution in [3.8, 4) is 5.75 Å². The molecule has 1 aliphatic heterocycles. The highest BCUT2D eigenvalue weighted by atomic mass is 35.5. The lowest BCUT2D eigenvalue weighted by Crippen LogP contribution is -2.33. The number of rotatable bonds is 10. The summed E-state index contributed by atoms with van der Waals surface area (Å²) < 4.78 is 33.8. The number of ether oxygens (including phenoxy) is 1. The fourth-order valence-corrected chi connectivity index (χ4v) is 4.22. The van der Waals surface area contributed by atoms with Crippen molar-refractivity contribution in [3.05, 3.63) is 82.3 Å². The fraction of sp³-hybridized carbons (Fsp3) is 0.296. The van der Waals surface area contributed by atoms with Crippen molar-refractivity contribution in [1.29, 1.82) is 0 Å². The fourth-order valence-electron chi connectivity index (χ4n) is 3.99. The predicted molar refractivity (Wildman–Crippen MR) is 140 cm³/mol. The first-order valence-corrected chi connectivity index (χ1v) is 12.4. The molecule has 0 bridgehead atoms. The van der Waals surface area contributed by atoms with Crippen LogP contribution >= 0.6 is 11.6 Å². The van der Waals surface area contributed by atoms with Crippen LogP contribution in [0.2, 0.25) is 5.02 Å². The first-order chi connectivity index (χ1) is 17.9. The number of nitrogens with zero attached hydrogens (tertiary/aromatic N) is 3. The summed E-state index contributed by atoms with van der Waals surface area (Å²) in [4.78, 5) is 22.9. The van der Waals surface area contributed by atoms with Gasteiger partial charge in [0.1, 0.15) is 30.3 Å². The molecule has 2 heterocycles. The molecule has 10 heteroatoms. The van der Waals surface area contributed by atoms with Gasteiger partial charge < -0.3 is 20.3 Å². The first-order valence-electron chi connectivity index (χ1n) is 12.0. The Hall–Kier alpha value is -3.56. The van der Waals surface area contributed by atoms with Crippen LogP contribution in [-0.4, -0.2) is 47.0 Å². The van der Waals surface area contributed by atoms with E-state index < -0.39 is 11.7 Å². The van der Waals surface area contributed by atoms with Crippen LogP contribution in [0.4, 0.5) is 20.3 Å². The first kappa shape index (κ1) is 26.5. The van der Waals surface area contributed by atoms with Crippen molar-refractivity contribution < 1.29 is 18.3 Å². The summed E-state index contributed by atoms with van der Waals surface area (Å²) in [7, 11) is 0. The molecule has 7 nitrogen and oxygen atoms in total. The number of hydrogen-bond acceptors (Lipinski definition) is 6. The molecule has 0 aliphatic carbocycles. The van der Waals surface area contributed by atoms with Crippen LogP contribution in [0, 0.1) is 12.7 Å².